The Morgan fingerprint density at radius 1 is 1.12 bits per heavy atom. The van der Waals surface area contributed by atoms with Gasteiger partial charge in [-0.25, -0.2) is 0 Å². The highest BCUT2D eigenvalue weighted by molar-refractivity contribution is 8.13. The van der Waals surface area contributed by atoms with Gasteiger partial charge in [0, 0.05) is 18.8 Å². The number of rotatable bonds is 6. The molecule has 0 rings (SSSR count). The molecule has 0 fully saturated rings. The lowest BCUT2D eigenvalue weighted by molar-refractivity contribution is 0.223. The van der Waals surface area contributed by atoms with Crippen molar-refractivity contribution in [2.75, 3.05) is 18.8 Å². The molecule has 0 aliphatic heterocycles. The van der Waals surface area contributed by atoms with Crippen LogP contribution in [0.25, 0.3) is 0 Å². The van der Waals surface area contributed by atoms with E-state index in [1.807, 2.05) is 18.7 Å². The molecule has 0 radical (unpaired) electrons. The number of thioether (sulfide) groups is 1. The van der Waals surface area contributed by atoms with Crippen LogP contribution in [0.3, 0.4) is 0 Å². The number of carbonyl (C=O) groups excluding carboxylic acids is 1. The Hall–Kier alpha value is 0.430. The van der Waals surface area contributed by atoms with Crippen molar-refractivity contribution in [3.8, 4) is 0 Å². The van der Waals surface area contributed by atoms with Crippen LogP contribution in [-0.2, 0) is 0 Å². The van der Waals surface area contributed by atoms with E-state index < -0.39 is 0 Å². The summed E-state index contributed by atoms with van der Waals surface area (Å²) in [6.45, 7) is 5.64. The highest BCUT2D eigenvalue weighted by atomic mass is 35.5. The van der Waals surface area contributed by atoms with Crippen LogP contribution in [0.5, 0.6) is 0 Å². The van der Waals surface area contributed by atoms with E-state index in [1.54, 1.807) is 0 Å². The third-order valence-corrected chi connectivity index (χ3v) is 3.84. The number of hydrogen-bond acceptors (Lipinski definition) is 2. The molecule has 1 amide bonds. The Morgan fingerprint density at radius 3 is 2.00 bits per heavy atom. The maximum absolute atomic E-state index is 11.8. The van der Waals surface area contributed by atoms with Crippen molar-refractivity contribution in [2.24, 2.45) is 0 Å². The van der Waals surface area contributed by atoms with Crippen molar-refractivity contribution in [3.05, 3.63) is 9.52 Å². The molecule has 0 aromatic heterocycles. The minimum Gasteiger partial charge on any atom is -0.334 e. The fourth-order valence-corrected chi connectivity index (χ4v) is 2.32. The summed E-state index contributed by atoms with van der Waals surface area (Å²) in [5.41, 5.74) is 0. The molecule has 0 bridgehead atoms. The summed E-state index contributed by atoms with van der Waals surface area (Å²) in [4.78, 5) is 13.6. The normalized spacial score (nSPS) is 10.1. The van der Waals surface area contributed by atoms with E-state index in [1.165, 1.54) is 0 Å². The topological polar surface area (TPSA) is 20.3 Å². The molecule has 0 heterocycles. The zero-order valence-corrected chi connectivity index (χ0v) is 12.5. The molecular weight excluding hydrogens is 289 g/mol. The lowest BCUT2D eigenvalue weighted by Crippen LogP contribution is -2.29. The third kappa shape index (κ3) is 6.89. The summed E-state index contributed by atoms with van der Waals surface area (Å²) in [6, 6.07) is 0. The molecule has 0 atom stereocenters. The molecule has 0 saturated carbocycles. The Labute approximate surface area is 116 Å². The van der Waals surface area contributed by atoms with Crippen molar-refractivity contribution in [1.82, 2.24) is 4.90 Å². The second-order valence-corrected chi connectivity index (χ2v) is 5.54. The molecule has 6 heteroatoms. The summed E-state index contributed by atoms with van der Waals surface area (Å²) in [6.07, 6.45) is 1.90. The van der Waals surface area contributed by atoms with Crippen molar-refractivity contribution in [2.45, 2.75) is 26.7 Å². The lowest BCUT2D eigenvalue weighted by Gasteiger charge is -2.20. The van der Waals surface area contributed by atoms with E-state index in [9.17, 15) is 4.79 Å². The zero-order valence-electron chi connectivity index (χ0n) is 9.43. The Bertz CT molecular complexity index is 248. The molecule has 0 aliphatic carbocycles. The van der Waals surface area contributed by atoms with Crippen molar-refractivity contribution < 1.29 is 4.79 Å². The van der Waals surface area contributed by atoms with Gasteiger partial charge in [-0.1, -0.05) is 60.4 Å². The van der Waals surface area contributed by atoms with Crippen LogP contribution in [0.4, 0.5) is 4.79 Å². The molecule has 16 heavy (non-hydrogen) atoms. The third-order valence-electron chi connectivity index (χ3n) is 1.77. The second kappa shape index (κ2) is 9.46. The van der Waals surface area contributed by atoms with E-state index in [4.69, 9.17) is 34.8 Å². The number of hydrogen-bond donors (Lipinski definition) is 0. The van der Waals surface area contributed by atoms with Crippen molar-refractivity contribution >= 4 is 51.8 Å². The highest BCUT2D eigenvalue weighted by Crippen LogP contribution is 2.23. The van der Waals surface area contributed by atoms with Crippen LogP contribution in [0.1, 0.15) is 26.7 Å². The standard InChI is InChI=1S/C10H16Cl3NOS/c1-3-5-14(6-4-2)10(15)16-7-8(11)9(12)13/h3-7H2,1-2H3. The molecule has 0 aliphatic rings. The summed E-state index contributed by atoms with van der Waals surface area (Å²) in [5, 5.41) is 0.339. The van der Waals surface area contributed by atoms with Gasteiger partial charge in [0.2, 0.25) is 0 Å². The van der Waals surface area contributed by atoms with Gasteiger partial charge < -0.3 is 4.90 Å². The monoisotopic (exact) mass is 303 g/mol. The molecule has 0 aromatic carbocycles. The minimum atomic E-state index is 0.0245. The molecule has 0 aromatic rings. The Morgan fingerprint density at radius 2 is 1.62 bits per heavy atom. The van der Waals surface area contributed by atoms with Gasteiger partial charge in [-0.05, 0) is 12.8 Å². The van der Waals surface area contributed by atoms with E-state index in [2.05, 4.69) is 0 Å². The first kappa shape index (κ1) is 16.4. The minimum absolute atomic E-state index is 0.0245. The molecule has 0 spiro atoms. The molecule has 0 unspecified atom stereocenters. The number of halogens is 3. The van der Waals surface area contributed by atoms with Crippen LogP contribution in [-0.4, -0.2) is 29.0 Å². The quantitative estimate of drug-likeness (QED) is 0.699. The van der Waals surface area contributed by atoms with Gasteiger partial charge in [-0.2, -0.15) is 0 Å². The average Bonchev–Trinajstić information content (AvgIpc) is 2.24. The summed E-state index contributed by atoms with van der Waals surface area (Å²) >= 11 is 17.8. The van der Waals surface area contributed by atoms with Crippen LogP contribution in [0, 0.1) is 0 Å². The molecule has 94 valence electrons. The van der Waals surface area contributed by atoms with E-state index >= 15 is 0 Å². The Kier molecular flexibility index (Phi) is 9.71. The van der Waals surface area contributed by atoms with Gasteiger partial charge in [-0.15, -0.1) is 0 Å². The van der Waals surface area contributed by atoms with E-state index in [0.717, 1.165) is 37.7 Å². The first-order valence-electron chi connectivity index (χ1n) is 5.14. The summed E-state index contributed by atoms with van der Waals surface area (Å²) in [5.74, 6) is 0.326. The van der Waals surface area contributed by atoms with Gasteiger partial charge >= 0.3 is 0 Å². The van der Waals surface area contributed by atoms with Gasteiger partial charge in [0.25, 0.3) is 5.24 Å². The number of nitrogens with zero attached hydrogens (tertiary/aromatic N) is 1. The van der Waals surface area contributed by atoms with Crippen LogP contribution < -0.4 is 0 Å². The smallest absolute Gasteiger partial charge is 0.281 e. The fourth-order valence-electron chi connectivity index (χ4n) is 1.11. The molecule has 2 nitrogen and oxygen atoms in total. The second-order valence-electron chi connectivity index (χ2n) is 3.21. The fraction of sp³-hybridized carbons (Fsp3) is 0.700. The van der Waals surface area contributed by atoms with Crippen LogP contribution in [0.2, 0.25) is 0 Å². The maximum atomic E-state index is 11.8. The number of amides is 1. The highest BCUT2D eigenvalue weighted by Gasteiger charge is 2.13. The van der Waals surface area contributed by atoms with Gasteiger partial charge in [0.1, 0.15) is 4.49 Å². The predicted molar refractivity (Wildman–Crippen MR) is 74.6 cm³/mol. The van der Waals surface area contributed by atoms with E-state index in [-0.39, 0.29) is 9.73 Å². The largest absolute Gasteiger partial charge is 0.334 e. The lowest BCUT2D eigenvalue weighted by atomic mass is 10.4. The Balaban J connectivity index is 4.15. The van der Waals surface area contributed by atoms with Crippen LogP contribution in [0.15, 0.2) is 9.52 Å². The van der Waals surface area contributed by atoms with E-state index in [0.29, 0.717) is 10.8 Å². The summed E-state index contributed by atoms with van der Waals surface area (Å²) < 4.78 is 0.0273. The SMILES string of the molecule is CCCN(CCC)C(=O)SCC(Cl)=C(Cl)Cl. The van der Waals surface area contributed by atoms with Gasteiger partial charge in [-0.3, -0.25) is 4.79 Å². The summed E-state index contributed by atoms with van der Waals surface area (Å²) in [7, 11) is 0. The first-order chi connectivity index (χ1) is 7.52. The van der Waals surface area contributed by atoms with Gasteiger partial charge in [0.05, 0.1) is 5.03 Å². The molecule has 0 saturated heterocycles. The maximum Gasteiger partial charge on any atom is 0.281 e. The van der Waals surface area contributed by atoms with Crippen molar-refractivity contribution in [1.29, 1.82) is 0 Å². The zero-order chi connectivity index (χ0) is 12.6. The predicted octanol–water partition coefficient (Wildman–Crippen LogP) is 4.85. The molecular formula is C10H16Cl3NOS. The average molecular weight is 305 g/mol. The van der Waals surface area contributed by atoms with Crippen molar-refractivity contribution in [3.63, 3.8) is 0 Å². The van der Waals surface area contributed by atoms with Crippen LogP contribution >= 0.6 is 46.6 Å². The first-order valence-corrected chi connectivity index (χ1v) is 7.26. The van der Waals surface area contributed by atoms with Gasteiger partial charge in [0.15, 0.2) is 0 Å². The number of carbonyl (C=O) groups is 1. The molecule has 0 N–H and O–H groups in total.